The molecule has 4 fully saturated rings. The van der Waals surface area contributed by atoms with E-state index in [-0.39, 0.29) is 31.4 Å². The van der Waals surface area contributed by atoms with Gasteiger partial charge >= 0.3 is 6.09 Å². The molecule has 1 unspecified atom stereocenters. The number of thiophene rings is 1. The number of fused-ring (bicyclic) bond motifs is 3. The molecule has 8 rings (SSSR count). The zero-order valence-corrected chi connectivity index (χ0v) is 32.1. The first-order valence-corrected chi connectivity index (χ1v) is 21.8. The lowest BCUT2D eigenvalue weighted by Crippen LogP contribution is -2.58. The third-order valence-corrected chi connectivity index (χ3v) is 14.0. The molecule has 0 spiro atoms. The Hall–Kier alpha value is -4.57. The Morgan fingerprint density at radius 1 is 0.927 bits per heavy atom. The van der Waals surface area contributed by atoms with Gasteiger partial charge in [-0.15, -0.1) is 11.3 Å². The molecule has 3 saturated carbocycles. The number of nitrogens with zero attached hydrogens (tertiary/aromatic N) is 3. The Balaban J connectivity index is 1.10. The van der Waals surface area contributed by atoms with E-state index in [4.69, 9.17) is 19.4 Å². The first-order valence-electron chi connectivity index (χ1n) is 19.4. The number of sulfonamides is 1. The maximum atomic E-state index is 14.6. The van der Waals surface area contributed by atoms with E-state index >= 15 is 0 Å². The van der Waals surface area contributed by atoms with Gasteiger partial charge < -0.3 is 25.0 Å². The minimum absolute atomic E-state index is 0.0102. The zero-order chi connectivity index (χ0) is 38.2. The highest BCUT2D eigenvalue weighted by molar-refractivity contribution is 7.91. The van der Waals surface area contributed by atoms with Crippen molar-refractivity contribution < 1.29 is 37.1 Å². The van der Waals surface area contributed by atoms with E-state index in [9.17, 15) is 27.6 Å². The first-order chi connectivity index (χ1) is 26.6. The molecule has 3 aliphatic carbocycles. The van der Waals surface area contributed by atoms with Gasteiger partial charge in [-0.2, -0.15) is 0 Å². The molecule has 5 atom stereocenters. The Bertz CT molecular complexity index is 2080. The van der Waals surface area contributed by atoms with E-state index in [1.807, 2.05) is 53.9 Å². The van der Waals surface area contributed by atoms with E-state index in [1.165, 1.54) is 16.2 Å². The van der Waals surface area contributed by atoms with Gasteiger partial charge in [0, 0.05) is 12.3 Å². The van der Waals surface area contributed by atoms with Gasteiger partial charge in [0.1, 0.15) is 35.5 Å². The average molecular weight is 791 g/mol. The molecule has 5 aliphatic rings. The molecule has 292 valence electrons. The average Bonchev–Trinajstić information content (AvgIpc) is 3.90. The second-order valence-corrected chi connectivity index (χ2v) is 18.3. The molecule has 14 nitrogen and oxygen atoms in total. The van der Waals surface area contributed by atoms with Crippen LogP contribution < -0.4 is 20.1 Å². The number of para-hydroxylation sites is 2. The number of ether oxygens (including phenoxy) is 2. The van der Waals surface area contributed by atoms with Crippen LogP contribution in [0.25, 0.3) is 21.6 Å². The summed E-state index contributed by atoms with van der Waals surface area (Å²) in [5, 5.41) is 7.03. The number of benzene rings is 1. The molecule has 3 N–H and O–H groups in total. The maximum Gasteiger partial charge on any atom is 0.408 e. The van der Waals surface area contributed by atoms with Crippen LogP contribution in [0.3, 0.4) is 0 Å². The number of alkyl carbamates (subject to hydrolysis) is 1. The van der Waals surface area contributed by atoms with Crippen LogP contribution in [0.2, 0.25) is 0 Å². The fourth-order valence-corrected chi connectivity index (χ4v) is 10.0. The van der Waals surface area contributed by atoms with Crippen molar-refractivity contribution >= 4 is 56.2 Å². The molecule has 16 heteroatoms. The number of hydrogen-bond acceptors (Lipinski definition) is 11. The van der Waals surface area contributed by atoms with Crippen LogP contribution in [0.5, 0.6) is 5.88 Å². The molecule has 0 radical (unpaired) electrons. The Kier molecular flexibility index (Phi) is 10.5. The van der Waals surface area contributed by atoms with Crippen molar-refractivity contribution in [1.82, 2.24) is 30.2 Å². The predicted molar refractivity (Wildman–Crippen MR) is 204 cm³/mol. The van der Waals surface area contributed by atoms with Crippen LogP contribution in [0.15, 0.2) is 53.9 Å². The lowest BCUT2D eigenvalue weighted by Gasteiger charge is -2.30. The summed E-state index contributed by atoms with van der Waals surface area (Å²) in [6.45, 7) is -0.0102. The molecule has 2 aliphatic heterocycles. The van der Waals surface area contributed by atoms with Crippen LogP contribution in [0.4, 0.5) is 4.79 Å². The fraction of sp³-hybridized carbons (Fsp3) is 0.538. The zero-order valence-electron chi connectivity index (χ0n) is 30.5. The minimum atomic E-state index is -3.89. The number of rotatable bonds is 8. The molecule has 1 saturated heterocycles. The fourth-order valence-electron chi connectivity index (χ4n) is 7.98. The van der Waals surface area contributed by atoms with Gasteiger partial charge in [0.05, 0.1) is 27.7 Å². The summed E-state index contributed by atoms with van der Waals surface area (Å²) in [6.07, 6.45) is 10.2. The van der Waals surface area contributed by atoms with Crippen molar-refractivity contribution in [3.05, 3.63) is 53.9 Å². The van der Waals surface area contributed by atoms with E-state index in [2.05, 4.69) is 15.4 Å². The topological polar surface area (TPSA) is 186 Å². The molecule has 0 bridgehead atoms. The number of carbonyl (C=O) groups excluding carboxylic acids is 4. The predicted octanol–water partition coefficient (Wildman–Crippen LogP) is 4.75. The smallest absolute Gasteiger partial charge is 0.408 e. The summed E-state index contributed by atoms with van der Waals surface area (Å²) < 4.78 is 40.2. The van der Waals surface area contributed by atoms with Gasteiger partial charge in [0.2, 0.25) is 27.7 Å². The lowest BCUT2D eigenvalue weighted by molar-refractivity contribution is -0.141. The van der Waals surface area contributed by atoms with Crippen LogP contribution in [-0.2, 0) is 29.1 Å². The van der Waals surface area contributed by atoms with Crippen molar-refractivity contribution in [2.24, 2.45) is 5.92 Å². The molecule has 4 amide bonds. The van der Waals surface area contributed by atoms with Crippen molar-refractivity contribution in [2.45, 2.75) is 119 Å². The molecular formula is C39H46N6O8S2. The Morgan fingerprint density at radius 2 is 1.69 bits per heavy atom. The van der Waals surface area contributed by atoms with Gasteiger partial charge in [-0.25, -0.2) is 23.2 Å². The minimum Gasteiger partial charge on any atom is -0.471 e. The second kappa shape index (κ2) is 15.5. The van der Waals surface area contributed by atoms with E-state index < -0.39 is 68.7 Å². The van der Waals surface area contributed by atoms with Gasteiger partial charge in [0.25, 0.3) is 5.91 Å². The highest BCUT2D eigenvalue weighted by Crippen LogP contribution is 2.46. The highest BCUT2D eigenvalue weighted by atomic mass is 32.2. The molecular weight excluding hydrogens is 745 g/mol. The van der Waals surface area contributed by atoms with Crippen LogP contribution in [-0.4, -0.2) is 88.7 Å². The normalized spacial score (nSPS) is 28.3. The largest absolute Gasteiger partial charge is 0.471 e. The number of hydrogen-bond donors (Lipinski definition) is 3. The summed E-state index contributed by atoms with van der Waals surface area (Å²) in [5.41, 5.74) is 0.336. The summed E-state index contributed by atoms with van der Waals surface area (Å²) in [4.78, 5) is 67.9. The van der Waals surface area contributed by atoms with Crippen LogP contribution in [0, 0.1) is 5.92 Å². The Labute approximate surface area is 323 Å². The summed E-state index contributed by atoms with van der Waals surface area (Å²) in [7, 11) is -3.89. The maximum absolute atomic E-state index is 14.6. The van der Waals surface area contributed by atoms with E-state index in [0.29, 0.717) is 48.8 Å². The number of nitrogens with one attached hydrogen (secondary N) is 3. The highest BCUT2D eigenvalue weighted by Gasteiger charge is 2.62. The molecule has 4 heterocycles. The van der Waals surface area contributed by atoms with Gasteiger partial charge in [0.15, 0.2) is 0 Å². The number of aromatic nitrogens is 2. The third kappa shape index (κ3) is 8.20. The third-order valence-electron chi connectivity index (χ3n) is 11.3. The SMILES string of the molecule is O=C(N[C@H]1CCCCC/C=C\C2C[C@@]2(C(=O)NS(=O)(=O)C2CC2)NC(=O)[C@@H]2C[C@@H](Oc3nc4ccccc4nc3-c3cccs3)CN2C1=O)OC1CCCC1. The number of allylic oxidation sites excluding steroid dienone is 1. The van der Waals surface area contributed by atoms with Crippen LogP contribution in [0.1, 0.15) is 83.5 Å². The molecule has 2 aromatic heterocycles. The van der Waals surface area contributed by atoms with Gasteiger partial charge in [-0.3, -0.25) is 19.1 Å². The van der Waals surface area contributed by atoms with Crippen molar-refractivity contribution in [3.63, 3.8) is 0 Å². The Morgan fingerprint density at radius 3 is 2.44 bits per heavy atom. The van der Waals surface area contributed by atoms with Crippen molar-refractivity contribution in [3.8, 4) is 16.5 Å². The second-order valence-electron chi connectivity index (χ2n) is 15.3. The summed E-state index contributed by atoms with van der Waals surface area (Å²) in [5.74, 6) is -2.02. The first kappa shape index (κ1) is 37.4. The van der Waals surface area contributed by atoms with Gasteiger partial charge in [-0.1, -0.05) is 43.2 Å². The lowest BCUT2D eigenvalue weighted by atomic mass is 10.0. The molecule has 55 heavy (non-hydrogen) atoms. The quantitative estimate of drug-likeness (QED) is 0.269. The molecule has 3 aromatic rings. The monoisotopic (exact) mass is 790 g/mol. The standard InChI is InChI=1S/C39H46N6O8S2/c46-34-31-21-26(52-35-33(32-17-10-20-54-32)40-28-14-8-9-15-29(28)41-35)23-45(31)36(47)30(42-38(49)53-25-12-6-7-13-25)16-5-3-1-2-4-11-24-22-39(24,43-34)37(48)44-55(50,51)27-18-19-27/h4,8-11,14-15,17,20,24-27,30-31H,1-3,5-7,12-13,16,18-19,21-23H2,(H,42,49)(H,43,46)(H,44,48)/b11-4-/t24?,26-,30+,31+,39-/m1/s1. The van der Waals surface area contributed by atoms with Crippen LogP contribution >= 0.6 is 11.3 Å². The summed E-state index contributed by atoms with van der Waals surface area (Å²) >= 11 is 1.48. The number of carbonyl (C=O) groups is 4. The summed E-state index contributed by atoms with van der Waals surface area (Å²) in [6, 6.07) is 9.18. The molecule has 1 aromatic carbocycles. The van der Waals surface area contributed by atoms with Crippen molar-refractivity contribution in [2.75, 3.05) is 6.54 Å². The van der Waals surface area contributed by atoms with Crippen molar-refractivity contribution in [1.29, 1.82) is 0 Å². The number of amides is 4. The van der Waals surface area contributed by atoms with E-state index in [0.717, 1.165) is 43.4 Å². The van der Waals surface area contributed by atoms with Gasteiger partial charge in [-0.05, 0) is 87.8 Å². The van der Waals surface area contributed by atoms with E-state index in [1.54, 1.807) is 0 Å².